The monoisotopic (exact) mass is 1220 g/mol. The topological polar surface area (TPSA) is 171 Å². The SMILES string of the molecule is ClC1C(Cl)C(Cl)C2C3NC(NC4NC(NC5NC(NC6NC(N3)C3C(Cl)C(Cl)C(Cl)C(Cl)C63)C3C(Cl)C(Cl)C(Cl)C(Cl)C53)C3C(Cl)C(Cl)C(Cl)C(Cl)C43)C2C1Cl.O=S(=O)(O)O.[AlH3]. The fourth-order valence-corrected chi connectivity index (χ4v) is 18.7. The maximum Gasteiger partial charge on any atom is 0.394 e. The quantitative estimate of drug-likeness (QED) is 0.0954. The second-order valence-electron chi connectivity index (χ2n) is 17.3. The number of alkyl halides is 16. The Hall–Kier alpha value is 4.72. The van der Waals surface area contributed by atoms with Gasteiger partial charge in [-0.2, -0.15) is 8.42 Å². The van der Waals surface area contributed by atoms with E-state index in [0.29, 0.717) is 0 Å². The number of halogens is 16. The molecule has 9 rings (SSSR count). The Morgan fingerprint density at radius 1 is 0.242 bits per heavy atom. The number of rotatable bonds is 0. The van der Waals surface area contributed by atoms with Crippen LogP contribution < -0.4 is 42.5 Å². The zero-order valence-electron chi connectivity index (χ0n) is 30.6. The summed E-state index contributed by atoms with van der Waals surface area (Å²) in [5.41, 5.74) is 0. The average molecular weight is 1230 g/mol. The summed E-state index contributed by atoms with van der Waals surface area (Å²) in [5.74, 6) is -2.37. The molecular weight excluding hydrogens is 1190 g/mol. The van der Waals surface area contributed by atoms with Crippen LogP contribution >= 0.6 is 186 Å². The van der Waals surface area contributed by atoms with Crippen LogP contribution in [0.3, 0.4) is 0 Å². The largest absolute Gasteiger partial charge is 0.394 e. The third-order valence-corrected chi connectivity index (χ3v) is 24.7. The van der Waals surface area contributed by atoms with Gasteiger partial charge in [-0.05, 0) is 0 Å². The van der Waals surface area contributed by atoms with Crippen molar-refractivity contribution in [3.8, 4) is 0 Å². The predicted molar refractivity (Wildman–Crippen MR) is 262 cm³/mol. The molecule has 0 radical (unpaired) electrons. The molecule has 0 aromatic rings. The van der Waals surface area contributed by atoms with E-state index in [1.165, 1.54) is 0 Å². The van der Waals surface area contributed by atoms with E-state index >= 15 is 0 Å². The summed E-state index contributed by atoms with van der Waals surface area (Å²) in [5, 5.41) is 21.0. The Morgan fingerprint density at radius 2 is 0.323 bits per heavy atom. The average Bonchev–Trinajstić information content (AvgIpc) is 3.94. The van der Waals surface area contributed by atoms with Crippen molar-refractivity contribution >= 4 is 213 Å². The van der Waals surface area contributed by atoms with Crippen molar-refractivity contribution < 1.29 is 17.5 Å². The van der Waals surface area contributed by atoms with E-state index in [0.717, 1.165) is 0 Å². The molecule has 4 saturated carbocycles. The highest BCUT2D eigenvalue weighted by atomic mass is 35.5. The third-order valence-electron chi connectivity index (χ3n) is 14.3. The van der Waals surface area contributed by atoms with E-state index in [1.54, 1.807) is 0 Å². The number of fused-ring (bicyclic) bond motifs is 20. The van der Waals surface area contributed by atoms with Crippen LogP contribution in [0.1, 0.15) is 0 Å². The van der Waals surface area contributed by atoms with Crippen LogP contribution in [0.2, 0.25) is 0 Å². The molecule has 24 unspecified atom stereocenters. The van der Waals surface area contributed by atoms with Gasteiger partial charge in [0, 0.05) is 47.3 Å². The van der Waals surface area contributed by atoms with Crippen LogP contribution in [0.25, 0.3) is 0 Å². The summed E-state index contributed by atoms with van der Waals surface area (Å²) < 4.78 is 31.6. The molecule has 9 fully saturated rings. The molecule has 12 nitrogen and oxygen atoms in total. The fourth-order valence-electron chi connectivity index (χ4n) is 11.8. The van der Waals surface area contributed by atoms with Gasteiger partial charge in [0.15, 0.2) is 17.4 Å². The highest BCUT2D eigenvalue weighted by Crippen LogP contribution is 2.54. The van der Waals surface area contributed by atoms with Gasteiger partial charge in [-0.25, -0.2) is 0 Å². The van der Waals surface area contributed by atoms with E-state index in [2.05, 4.69) is 42.5 Å². The smallest absolute Gasteiger partial charge is 0.286 e. The fraction of sp³-hybridized carbons (Fsp3) is 1.00. The van der Waals surface area contributed by atoms with Crippen LogP contribution in [-0.2, 0) is 10.4 Å². The Balaban J connectivity index is 0.000000913. The summed E-state index contributed by atoms with van der Waals surface area (Å²) in [7, 11) is -4.67. The Labute approximate surface area is 451 Å². The van der Waals surface area contributed by atoms with Crippen LogP contribution in [0.15, 0.2) is 0 Å². The van der Waals surface area contributed by atoms with Crippen LogP contribution in [-0.4, -0.2) is 170 Å². The van der Waals surface area contributed by atoms with E-state index in [-0.39, 0.29) is 64.7 Å². The Morgan fingerprint density at radius 3 is 0.403 bits per heavy atom. The molecule has 0 amide bonds. The molecule has 0 aromatic heterocycles. The van der Waals surface area contributed by atoms with Crippen LogP contribution in [0, 0.1) is 47.3 Å². The first kappa shape index (κ1) is 54.5. The number of hydrogen-bond donors (Lipinski definition) is 10. The Kier molecular flexibility index (Phi) is 18.4. The zero-order chi connectivity index (χ0) is 44.6. The van der Waals surface area contributed by atoms with E-state index in [1.807, 2.05) is 0 Å². The summed E-state index contributed by atoms with van der Waals surface area (Å²) in [4.78, 5) is 0. The van der Waals surface area contributed by atoms with Crippen molar-refractivity contribution in [1.29, 1.82) is 0 Å². The van der Waals surface area contributed by atoms with Gasteiger partial charge in [-0.3, -0.25) is 51.6 Å². The normalized spacial score (nSPS) is 60.5. The lowest BCUT2D eigenvalue weighted by atomic mass is 9.75. The second kappa shape index (κ2) is 20.9. The maximum atomic E-state index is 8.74. The Bertz CT molecular complexity index is 1420. The molecule has 5 aliphatic heterocycles. The first-order chi connectivity index (χ1) is 28.4. The van der Waals surface area contributed by atoms with Gasteiger partial charge in [0.2, 0.25) is 0 Å². The lowest BCUT2D eigenvalue weighted by Gasteiger charge is -2.46. The van der Waals surface area contributed by atoms with E-state index in [9.17, 15) is 0 Å². The second-order valence-corrected chi connectivity index (χ2v) is 26.3. The van der Waals surface area contributed by atoms with Gasteiger partial charge in [-0.15, -0.1) is 186 Å². The molecule has 5 saturated heterocycles. The van der Waals surface area contributed by atoms with Gasteiger partial charge >= 0.3 is 10.4 Å². The summed E-state index contributed by atoms with van der Waals surface area (Å²) in [6, 6.07) is 0. The minimum atomic E-state index is -4.67. The highest BCUT2D eigenvalue weighted by molar-refractivity contribution is 7.79. The minimum absolute atomic E-state index is 0. The molecule has 5 heterocycles. The van der Waals surface area contributed by atoms with Crippen molar-refractivity contribution in [3.05, 3.63) is 0 Å². The van der Waals surface area contributed by atoms with Gasteiger partial charge in [0.05, 0.1) is 135 Å². The molecule has 30 heteroatoms. The van der Waals surface area contributed by atoms with Crippen molar-refractivity contribution in [2.45, 2.75) is 135 Å². The highest BCUT2D eigenvalue weighted by Gasteiger charge is 2.66. The third kappa shape index (κ3) is 9.69. The van der Waals surface area contributed by atoms with Gasteiger partial charge < -0.3 is 0 Å². The van der Waals surface area contributed by atoms with Crippen molar-refractivity contribution in [1.82, 2.24) is 42.5 Å². The number of nitrogens with one attached hydrogen (secondary N) is 8. The summed E-state index contributed by atoms with van der Waals surface area (Å²) in [6.45, 7) is 0. The van der Waals surface area contributed by atoms with E-state index < -0.39 is 146 Å². The number of hydrogen-bond acceptors (Lipinski definition) is 10. The molecular formula is C32H45AlCl16N8O4S. The molecule has 0 aromatic carbocycles. The molecule has 358 valence electrons. The summed E-state index contributed by atoms with van der Waals surface area (Å²) in [6.07, 6.45) is -3.49. The van der Waals surface area contributed by atoms with Crippen molar-refractivity contribution in [3.63, 3.8) is 0 Å². The van der Waals surface area contributed by atoms with Crippen LogP contribution in [0.5, 0.6) is 0 Å². The van der Waals surface area contributed by atoms with Gasteiger partial charge in [-0.1, -0.05) is 0 Å². The first-order valence-corrected chi connectivity index (χ1v) is 27.9. The zero-order valence-corrected chi connectivity index (χ0v) is 43.6. The maximum absolute atomic E-state index is 8.74. The molecule has 0 spiro atoms. The molecule has 62 heavy (non-hydrogen) atoms. The first-order valence-electron chi connectivity index (χ1n) is 19.5. The minimum Gasteiger partial charge on any atom is -0.286 e. The summed E-state index contributed by atoms with van der Waals surface area (Å²) >= 11 is 113. The lowest BCUT2D eigenvalue weighted by Crippen LogP contribution is -2.62. The van der Waals surface area contributed by atoms with Gasteiger partial charge in [0.1, 0.15) is 0 Å². The van der Waals surface area contributed by atoms with Gasteiger partial charge in [0.25, 0.3) is 0 Å². The van der Waals surface area contributed by atoms with Crippen molar-refractivity contribution in [2.24, 2.45) is 47.3 Å². The predicted octanol–water partition coefficient (Wildman–Crippen LogP) is 4.25. The lowest BCUT2D eigenvalue weighted by molar-refractivity contribution is 0.181. The standard InChI is InChI=1S/C32H40Cl16N8.Al.H2O4S.3H/c33-9-1-2(10(34)18(42)17(9)41)26-49-25(1)53-27-3-4(12(36)20(44)19(43)11(3)35)29(50-27)55-31-7-8(16(40)24(48)23(47)15(7)39)32(52-31)56-30-6-5(28(51-30)54-26)13(37)21(45)22(46)14(6)38;;1-5(2,3)4;;;/h1-32,49-56H;;(H2,1,2,3,4);;;. The molecule has 10 N–H and O–H groups in total. The molecule has 4 aliphatic carbocycles. The molecule has 8 bridgehead atoms. The molecule has 24 atom stereocenters. The molecule has 9 aliphatic rings. The van der Waals surface area contributed by atoms with Crippen molar-refractivity contribution in [2.75, 3.05) is 0 Å². The van der Waals surface area contributed by atoms with E-state index in [4.69, 9.17) is 203 Å². The van der Waals surface area contributed by atoms with Crippen LogP contribution in [0.4, 0.5) is 0 Å².